The number of amides is 2. The molecule has 23 heavy (non-hydrogen) atoms. The van der Waals surface area contributed by atoms with Crippen molar-refractivity contribution in [2.45, 2.75) is 25.8 Å². The third kappa shape index (κ3) is 2.56. The van der Waals surface area contributed by atoms with Gasteiger partial charge in [-0.25, -0.2) is 4.79 Å². The number of nitrogens with one attached hydrogen (secondary N) is 1. The molecule has 0 saturated carbocycles. The van der Waals surface area contributed by atoms with E-state index in [1.807, 2.05) is 0 Å². The maximum Gasteiger partial charge on any atom is 0.322 e. The van der Waals surface area contributed by atoms with Crippen molar-refractivity contribution in [3.8, 4) is 11.5 Å². The van der Waals surface area contributed by atoms with E-state index in [0.29, 0.717) is 35.4 Å². The van der Waals surface area contributed by atoms with E-state index in [0.717, 1.165) is 12.8 Å². The van der Waals surface area contributed by atoms with E-state index in [1.165, 1.54) is 0 Å². The Hall–Kier alpha value is -2.77. The molecule has 120 valence electrons. The Kier molecular flexibility index (Phi) is 3.29. The van der Waals surface area contributed by atoms with Gasteiger partial charge in [0.15, 0.2) is 17.3 Å². The molecule has 1 unspecified atom stereocenters. The lowest BCUT2D eigenvalue weighted by molar-refractivity contribution is 0.174. The first-order chi connectivity index (χ1) is 11.2. The van der Waals surface area contributed by atoms with Crippen LogP contribution < -0.4 is 14.8 Å². The van der Waals surface area contributed by atoms with Crippen LogP contribution in [-0.2, 0) is 0 Å². The molecule has 1 N–H and O–H groups in total. The van der Waals surface area contributed by atoms with Gasteiger partial charge in [0.25, 0.3) is 0 Å². The van der Waals surface area contributed by atoms with Crippen LogP contribution in [0.1, 0.15) is 30.6 Å². The van der Waals surface area contributed by atoms with Gasteiger partial charge in [0.2, 0.25) is 12.7 Å². The largest absolute Gasteiger partial charge is 0.454 e. The summed E-state index contributed by atoms with van der Waals surface area (Å²) in [7, 11) is 0. The Morgan fingerprint density at radius 2 is 2.22 bits per heavy atom. The summed E-state index contributed by atoms with van der Waals surface area (Å²) in [4.78, 5) is 18.5. The van der Waals surface area contributed by atoms with Crippen LogP contribution in [0, 0.1) is 6.92 Å². The van der Waals surface area contributed by atoms with Crippen LogP contribution in [0.2, 0.25) is 0 Å². The van der Waals surface area contributed by atoms with Crippen molar-refractivity contribution in [2.75, 3.05) is 18.7 Å². The number of fused-ring (bicyclic) bond motifs is 1. The summed E-state index contributed by atoms with van der Waals surface area (Å²) in [6.07, 6.45) is 1.72. The van der Waals surface area contributed by atoms with Gasteiger partial charge in [-0.05, 0) is 31.9 Å². The highest BCUT2D eigenvalue weighted by atomic mass is 16.7. The van der Waals surface area contributed by atoms with Crippen molar-refractivity contribution in [1.29, 1.82) is 0 Å². The molecule has 8 nitrogen and oxygen atoms in total. The second-order valence-electron chi connectivity index (χ2n) is 5.53. The number of anilines is 1. The molecule has 2 aliphatic rings. The summed E-state index contributed by atoms with van der Waals surface area (Å²) >= 11 is 0. The number of carbonyl (C=O) groups excluding carboxylic acids is 1. The van der Waals surface area contributed by atoms with Gasteiger partial charge in [0.05, 0.1) is 0 Å². The SMILES string of the molecule is Cc1noc(C2CCCN2C(=O)Nc2ccc3c(c2)OCO3)n1. The number of hydrogen-bond donors (Lipinski definition) is 1. The molecule has 8 heteroatoms. The van der Waals surface area contributed by atoms with E-state index in [1.54, 1.807) is 30.0 Å². The second-order valence-corrected chi connectivity index (χ2v) is 5.53. The molecular weight excluding hydrogens is 300 g/mol. The molecule has 1 atom stereocenters. The van der Waals surface area contributed by atoms with Crippen LogP contribution in [0.15, 0.2) is 22.7 Å². The standard InChI is InChI=1S/C15H16N4O4/c1-9-16-14(23-18-9)11-3-2-6-19(11)15(20)17-10-4-5-12-13(7-10)22-8-21-12/h4-5,7,11H,2-3,6,8H2,1H3,(H,17,20). The summed E-state index contributed by atoms with van der Waals surface area (Å²) in [6, 6.07) is 4.95. The van der Waals surface area contributed by atoms with Gasteiger partial charge in [-0.1, -0.05) is 5.16 Å². The van der Waals surface area contributed by atoms with Gasteiger partial charge in [-0.3, -0.25) is 0 Å². The molecular formula is C15H16N4O4. The molecule has 0 bridgehead atoms. The molecule has 1 saturated heterocycles. The predicted molar refractivity (Wildman–Crippen MR) is 79.3 cm³/mol. The lowest BCUT2D eigenvalue weighted by atomic mass is 10.2. The van der Waals surface area contributed by atoms with Crippen LogP contribution in [0.4, 0.5) is 10.5 Å². The van der Waals surface area contributed by atoms with Crippen molar-refractivity contribution in [3.05, 3.63) is 29.9 Å². The minimum Gasteiger partial charge on any atom is -0.454 e. The molecule has 0 radical (unpaired) electrons. The summed E-state index contributed by atoms with van der Waals surface area (Å²) in [5, 5.41) is 6.69. The zero-order valence-corrected chi connectivity index (χ0v) is 12.6. The zero-order valence-electron chi connectivity index (χ0n) is 12.6. The highest BCUT2D eigenvalue weighted by Crippen LogP contribution is 2.35. The topological polar surface area (TPSA) is 89.7 Å². The maximum absolute atomic E-state index is 12.6. The van der Waals surface area contributed by atoms with Crippen LogP contribution in [0.5, 0.6) is 11.5 Å². The molecule has 2 aliphatic heterocycles. The Bertz CT molecular complexity index is 745. The fourth-order valence-electron chi connectivity index (χ4n) is 2.88. The van der Waals surface area contributed by atoms with E-state index < -0.39 is 0 Å². The first kappa shape index (κ1) is 13.9. The number of carbonyl (C=O) groups is 1. The van der Waals surface area contributed by atoms with Crippen molar-refractivity contribution < 1.29 is 18.8 Å². The fourth-order valence-corrected chi connectivity index (χ4v) is 2.88. The average Bonchev–Trinajstić information content (AvgIpc) is 3.26. The number of aryl methyl sites for hydroxylation is 1. The quantitative estimate of drug-likeness (QED) is 0.915. The van der Waals surface area contributed by atoms with Gasteiger partial charge in [-0.2, -0.15) is 4.98 Å². The molecule has 2 aromatic rings. The molecule has 0 spiro atoms. The van der Waals surface area contributed by atoms with Crippen LogP contribution in [0.3, 0.4) is 0 Å². The van der Waals surface area contributed by atoms with Crippen LogP contribution in [-0.4, -0.2) is 34.4 Å². The Morgan fingerprint density at radius 1 is 1.35 bits per heavy atom. The maximum atomic E-state index is 12.6. The second kappa shape index (κ2) is 5.45. The third-order valence-electron chi connectivity index (χ3n) is 3.97. The van der Waals surface area contributed by atoms with E-state index in [-0.39, 0.29) is 18.9 Å². The molecule has 1 aromatic heterocycles. The number of hydrogen-bond acceptors (Lipinski definition) is 6. The van der Waals surface area contributed by atoms with Crippen molar-refractivity contribution in [2.24, 2.45) is 0 Å². The number of rotatable bonds is 2. The van der Waals surface area contributed by atoms with Crippen molar-refractivity contribution in [1.82, 2.24) is 15.0 Å². The molecule has 1 fully saturated rings. The number of nitrogens with zero attached hydrogens (tertiary/aromatic N) is 3. The number of ether oxygens (including phenoxy) is 2. The Balaban J connectivity index is 1.50. The zero-order chi connectivity index (χ0) is 15.8. The Labute approximate surface area is 132 Å². The monoisotopic (exact) mass is 316 g/mol. The van der Waals surface area contributed by atoms with E-state index in [2.05, 4.69) is 15.5 Å². The number of likely N-dealkylation sites (tertiary alicyclic amines) is 1. The normalized spacial score (nSPS) is 19.2. The van der Waals surface area contributed by atoms with Gasteiger partial charge in [0.1, 0.15) is 6.04 Å². The van der Waals surface area contributed by atoms with Gasteiger partial charge >= 0.3 is 6.03 Å². The highest BCUT2D eigenvalue weighted by Gasteiger charge is 2.34. The first-order valence-electron chi connectivity index (χ1n) is 7.48. The summed E-state index contributed by atoms with van der Waals surface area (Å²) in [5.74, 6) is 2.38. The first-order valence-corrected chi connectivity index (χ1v) is 7.48. The molecule has 4 rings (SSSR count). The van der Waals surface area contributed by atoms with Gasteiger partial charge in [-0.15, -0.1) is 0 Å². The van der Waals surface area contributed by atoms with E-state index in [9.17, 15) is 4.79 Å². The minimum atomic E-state index is -0.192. The molecule has 0 aliphatic carbocycles. The Morgan fingerprint density at radius 3 is 3.04 bits per heavy atom. The van der Waals surface area contributed by atoms with E-state index >= 15 is 0 Å². The fraction of sp³-hybridized carbons (Fsp3) is 0.400. The van der Waals surface area contributed by atoms with Crippen LogP contribution in [0.25, 0.3) is 0 Å². The molecule has 2 amide bonds. The van der Waals surface area contributed by atoms with Crippen molar-refractivity contribution in [3.63, 3.8) is 0 Å². The smallest absolute Gasteiger partial charge is 0.322 e. The number of benzene rings is 1. The lowest BCUT2D eigenvalue weighted by Gasteiger charge is -2.22. The summed E-state index contributed by atoms with van der Waals surface area (Å²) in [5.41, 5.74) is 0.659. The van der Waals surface area contributed by atoms with Crippen molar-refractivity contribution >= 4 is 11.7 Å². The highest BCUT2D eigenvalue weighted by molar-refractivity contribution is 5.90. The third-order valence-corrected chi connectivity index (χ3v) is 3.97. The molecule has 1 aromatic carbocycles. The predicted octanol–water partition coefficient (Wildman–Crippen LogP) is 2.48. The average molecular weight is 316 g/mol. The number of urea groups is 1. The minimum absolute atomic E-state index is 0.176. The summed E-state index contributed by atoms with van der Waals surface area (Å²) < 4.78 is 15.8. The van der Waals surface area contributed by atoms with E-state index in [4.69, 9.17) is 14.0 Å². The van der Waals surface area contributed by atoms with Gasteiger partial charge < -0.3 is 24.2 Å². The lowest BCUT2D eigenvalue weighted by Crippen LogP contribution is -2.34. The number of aromatic nitrogens is 2. The molecule has 3 heterocycles. The van der Waals surface area contributed by atoms with Crippen LogP contribution >= 0.6 is 0 Å². The van der Waals surface area contributed by atoms with Gasteiger partial charge in [0, 0.05) is 18.3 Å². The summed E-state index contributed by atoms with van der Waals surface area (Å²) in [6.45, 7) is 2.62.